The Morgan fingerprint density at radius 3 is 1.29 bits per heavy atom. The van der Waals surface area contributed by atoms with Gasteiger partial charge in [0.15, 0.2) is 0 Å². The number of unbranched alkanes of at least 4 members (excludes halogenated alkanes) is 23. The molecule has 0 aromatic carbocycles. The number of carbonyl (C=O) groups is 1. The third-order valence-electron chi connectivity index (χ3n) is 12.0. The Bertz CT molecular complexity index is 1440. The number of rotatable bonds is 50. The number of allylic oxidation sites excluding steroid dienone is 15. The number of nitrogens with one attached hydrogen (secondary N) is 1. The Labute approximate surface area is 426 Å². The van der Waals surface area contributed by atoms with Crippen molar-refractivity contribution >= 4 is 13.7 Å². The molecule has 0 bridgehead atoms. The van der Waals surface area contributed by atoms with Crippen LogP contribution in [0.2, 0.25) is 0 Å². The second kappa shape index (κ2) is 50.4. The van der Waals surface area contributed by atoms with Crippen molar-refractivity contribution in [2.45, 2.75) is 238 Å². The van der Waals surface area contributed by atoms with Crippen molar-refractivity contribution in [3.05, 3.63) is 97.2 Å². The molecule has 0 radical (unpaired) electrons. The first-order valence-corrected chi connectivity index (χ1v) is 29.6. The molecule has 0 aromatic rings. The molecule has 0 saturated heterocycles. The maximum atomic E-state index is 13.0. The van der Waals surface area contributed by atoms with Crippen LogP contribution in [0.5, 0.6) is 0 Å². The maximum Gasteiger partial charge on any atom is 0.268 e. The minimum absolute atomic E-state index is 0.00656. The zero-order chi connectivity index (χ0) is 50.6. The number of amides is 1. The summed E-state index contributed by atoms with van der Waals surface area (Å²) in [6, 6.07) is -0.896. The SMILES string of the molecule is CC/C=C\C/C=C\C/C=C\C/C=C\C/C=C\C/C=C\C/C=C\CCCCCCCCCCCC(=O)NC(COP(=O)([O-])OCC[N+](C)(C)C)C(O)/C=C/CCCCCCCCCCCCCCCC. The molecule has 2 N–H and O–H groups in total. The molecule has 398 valence electrons. The molecule has 0 heterocycles. The lowest BCUT2D eigenvalue weighted by Crippen LogP contribution is -2.45. The smallest absolute Gasteiger partial charge is 0.268 e. The van der Waals surface area contributed by atoms with Gasteiger partial charge in [0.2, 0.25) is 5.91 Å². The molecule has 9 heteroatoms. The third-order valence-corrected chi connectivity index (χ3v) is 13.0. The molecular formula is C60H107N2O6P. The average molecular weight is 983 g/mol. The van der Waals surface area contributed by atoms with Crippen LogP contribution >= 0.6 is 7.82 Å². The van der Waals surface area contributed by atoms with Crippen molar-refractivity contribution in [2.75, 3.05) is 40.9 Å². The fraction of sp³-hybridized carbons (Fsp3) is 0.717. The number of aliphatic hydroxyl groups is 1. The summed E-state index contributed by atoms with van der Waals surface area (Å²) in [7, 11) is 1.25. The van der Waals surface area contributed by atoms with Gasteiger partial charge in [-0.15, -0.1) is 0 Å². The largest absolute Gasteiger partial charge is 0.756 e. The molecule has 0 fully saturated rings. The van der Waals surface area contributed by atoms with E-state index in [1.54, 1.807) is 6.08 Å². The van der Waals surface area contributed by atoms with Gasteiger partial charge in [0.1, 0.15) is 13.2 Å². The number of quaternary nitrogens is 1. The highest BCUT2D eigenvalue weighted by molar-refractivity contribution is 7.45. The first-order chi connectivity index (χ1) is 33.5. The summed E-state index contributed by atoms with van der Waals surface area (Å²) in [5.74, 6) is -0.207. The Balaban J connectivity index is 4.22. The highest BCUT2D eigenvalue weighted by Crippen LogP contribution is 2.38. The lowest BCUT2D eigenvalue weighted by Gasteiger charge is -2.29. The van der Waals surface area contributed by atoms with E-state index in [0.29, 0.717) is 17.4 Å². The summed E-state index contributed by atoms with van der Waals surface area (Å²) in [4.78, 5) is 25.5. The van der Waals surface area contributed by atoms with Gasteiger partial charge in [-0.2, -0.15) is 0 Å². The van der Waals surface area contributed by atoms with Crippen molar-refractivity contribution in [1.29, 1.82) is 0 Å². The van der Waals surface area contributed by atoms with Crippen LogP contribution in [0.3, 0.4) is 0 Å². The van der Waals surface area contributed by atoms with Crippen LogP contribution in [0.25, 0.3) is 0 Å². The Morgan fingerprint density at radius 2 is 0.884 bits per heavy atom. The van der Waals surface area contributed by atoms with E-state index in [9.17, 15) is 19.4 Å². The molecule has 0 spiro atoms. The summed E-state index contributed by atoms with van der Waals surface area (Å²) in [5.41, 5.74) is 0. The van der Waals surface area contributed by atoms with Gasteiger partial charge in [0, 0.05) is 6.42 Å². The van der Waals surface area contributed by atoms with Crippen LogP contribution in [0.4, 0.5) is 0 Å². The van der Waals surface area contributed by atoms with Crippen LogP contribution < -0.4 is 10.2 Å². The molecule has 69 heavy (non-hydrogen) atoms. The third kappa shape index (κ3) is 53.1. The van der Waals surface area contributed by atoms with Gasteiger partial charge in [0.25, 0.3) is 7.82 Å². The zero-order valence-electron chi connectivity index (χ0n) is 45.2. The van der Waals surface area contributed by atoms with E-state index in [-0.39, 0.29) is 19.1 Å². The molecule has 0 aliphatic carbocycles. The summed E-state index contributed by atoms with van der Waals surface area (Å²) < 4.78 is 23.3. The number of likely N-dealkylation sites (N-methyl/N-ethyl adjacent to an activating group) is 1. The van der Waals surface area contributed by atoms with E-state index in [0.717, 1.165) is 89.9 Å². The molecule has 0 saturated carbocycles. The van der Waals surface area contributed by atoms with E-state index in [4.69, 9.17) is 9.05 Å². The van der Waals surface area contributed by atoms with Crippen LogP contribution in [0.1, 0.15) is 226 Å². The maximum absolute atomic E-state index is 13.0. The quantitative estimate of drug-likeness (QED) is 0.0272. The second-order valence-corrected chi connectivity index (χ2v) is 21.3. The highest BCUT2D eigenvalue weighted by atomic mass is 31.2. The van der Waals surface area contributed by atoms with Crippen LogP contribution in [-0.4, -0.2) is 68.5 Å². The highest BCUT2D eigenvalue weighted by Gasteiger charge is 2.23. The average Bonchev–Trinajstić information content (AvgIpc) is 3.31. The Kier molecular flexibility index (Phi) is 48.5. The molecule has 8 nitrogen and oxygen atoms in total. The van der Waals surface area contributed by atoms with Crippen molar-refractivity contribution < 1.29 is 32.9 Å². The number of nitrogens with zero attached hydrogens (tertiary/aromatic N) is 1. The molecule has 0 aliphatic rings. The van der Waals surface area contributed by atoms with Gasteiger partial charge in [-0.3, -0.25) is 9.36 Å². The molecule has 1 amide bonds. The fourth-order valence-electron chi connectivity index (χ4n) is 7.66. The number of phosphoric ester groups is 1. The van der Waals surface area contributed by atoms with E-state index >= 15 is 0 Å². The molecule has 3 atom stereocenters. The summed E-state index contributed by atoms with van der Waals surface area (Å²) >= 11 is 0. The van der Waals surface area contributed by atoms with E-state index in [2.05, 4.69) is 104 Å². The number of phosphoric acid groups is 1. The molecule has 0 aliphatic heterocycles. The monoisotopic (exact) mass is 983 g/mol. The summed E-state index contributed by atoms with van der Waals surface area (Å²) in [6.45, 7) is 4.53. The van der Waals surface area contributed by atoms with Gasteiger partial charge in [-0.25, -0.2) is 0 Å². The van der Waals surface area contributed by atoms with Gasteiger partial charge in [-0.1, -0.05) is 239 Å². The lowest BCUT2D eigenvalue weighted by molar-refractivity contribution is -0.870. The second-order valence-electron chi connectivity index (χ2n) is 19.9. The van der Waals surface area contributed by atoms with Gasteiger partial charge >= 0.3 is 0 Å². The molecular weight excluding hydrogens is 876 g/mol. The van der Waals surface area contributed by atoms with Crippen molar-refractivity contribution in [3.63, 3.8) is 0 Å². The number of aliphatic hydroxyl groups excluding tert-OH is 1. The van der Waals surface area contributed by atoms with Crippen molar-refractivity contribution in [3.8, 4) is 0 Å². The first-order valence-electron chi connectivity index (χ1n) is 28.1. The van der Waals surface area contributed by atoms with Gasteiger partial charge in [-0.05, 0) is 77.0 Å². The molecule has 0 aromatic heterocycles. The first kappa shape index (κ1) is 66.4. The number of hydrogen-bond donors (Lipinski definition) is 2. The zero-order valence-corrected chi connectivity index (χ0v) is 46.1. The van der Waals surface area contributed by atoms with Gasteiger partial charge in [0.05, 0.1) is 39.9 Å². The minimum Gasteiger partial charge on any atom is -0.756 e. The van der Waals surface area contributed by atoms with Crippen LogP contribution in [0.15, 0.2) is 97.2 Å². The van der Waals surface area contributed by atoms with Crippen molar-refractivity contribution in [1.82, 2.24) is 5.32 Å². The Morgan fingerprint density at radius 1 is 0.522 bits per heavy atom. The fourth-order valence-corrected chi connectivity index (χ4v) is 8.39. The number of hydrogen-bond acceptors (Lipinski definition) is 6. The Hall–Kier alpha value is -2.58. The normalized spacial score (nSPS) is 14.7. The van der Waals surface area contributed by atoms with Gasteiger partial charge < -0.3 is 28.8 Å². The van der Waals surface area contributed by atoms with E-state index in [1.165, 1.54) is 116 Å². The van der Waals surface area contributed by atoms with E-state index in [1.807, 2.05) is 27.2 Å². The molecule has 0 rings (SSSR count). The number of carbonyl (C=O) groups excluding carboxylic acids is 1. The summed E-state index contributed by atoms with van der Waals surface area (Å²) in [5, 5.41) is 13.9. The van der Waals surface area contributed by atoms with Crippen LogP contribution in [0, 0.1) is 0 Å². The summed E-state index contributed by atoms with van der Waals surface area (Å²) in [6.07, 6.45) is 71.8. The molecule has 3 unspecified atom stereocenters. The lowest BCUT2D eigenvalue weighted by atomic mass is 10.0. The van der Waals surface area contributed by atoms with Crippen LogP contribution in [-0.2, 0) is 18.4 Å². The van der Waals surface area contributed by atoms with E-state index < -0.39 is 20.0 Å². The predicted molar refractivity (Wildman–Crippen MR) is 297 cm³/mol. The topological polar surface area (TPSA) is 108 Å². The van der Waals surface area contributed by atoms with Crippen molar-refractivity contribution in [2.24, 2.45) is 0 Å². The minimum atomic E-state index is -4.60. The standard InChI is InChI=1S/C60H107N2O6P/c1-6-8-10-12-14-16-18-20-22-24-25-26-27-28-29-30-31-32-33-34-35-36-37-38-40-42-44-46-48-50-52-54-60(64)61-58(57-68-69(65,66)67-56-55-62(3,4)5)59(63)53-51-49-47-45-43-41-39-23-21-19-17-15-13-11-9-7-2/h8,10,14,16,20,22,25-26,28-29,31-32,34-35,51,53,58-59,63H,6-7,9,11-13,15,17-19,21,23-24,27,30,33,36-50,52,54-57H2,1-5H3,(H-,61,64,65,66)/b10-8-,16-14-,22-20-,26-25-,29-28-,32-31-,35-34-,53-51+. The predicted octanol–water partition coefficient (Wildman–Crippen LogP) is 16.4.